The lowest BCUT2D eigenvalue weighted by Gasteiger charge is -2.34. The van der Waals surface area contributed by atoms with Crippen LogP contribution in [0.3, 0.4) is 0 Å². The Bertz CT molecular complexity index is 911. The van der Waals surface area contributed by atoms with Crippen LogP contribution >= 0.6 is 0 Å². The number of carbonyl (C=O) groups excluding carboxylic acids is 1. The van der Waals surface area contributed by atoms with Crippen molar-refractivity contribution in [1.82, 2.24) is 19.2 Å². The maximum absolute atomic E-state index is 12.2. The third-order valence-corrected chi connectivity index (χ3v) is 6.61. The summed E-state index contributed by atoms with van der Waals surface area (Å²) in [7, 11) is -0.503. The summed E-state index contributed by atoms with van der Waals surface area (Å²) in [6, 6.07) is 8.00. The number of carbonyl (C=O) groups is 1. The van der Waals surface area contributed by atoms with Crippen LogP contribution < -0.4 is 10.2 Å². The highest BCUT2D eigenvalue weighted by molar-refractivity contribution is 7.89. The molecule has 1 N–H and O–H groups in total. The molecule has 1 fully saturated rings. The van der Waals surface area contributed by atoms with Gasteiger partial charge >= 0.3 is 0 Å². The molecule has 0 saturated carbocycles. The van der Waals surface area contributed by atoms with E-state index in [1.807, 2.05) is 0 Å². The van der Waals surface area contributed by atoms with Crippen LogP contribution in [0, 0.1) is 0 Å². The number of aromatic nitrogens is 2. The highest BCUT2D eigenvalue weighted by Crippen LogP contribution is 2.17. The molecule has 2 aromatic rings. The number of amides is 1. The number of hydrogen-bond acceptors (Lipinski definition) is 7. The maximum atomic E-state index is 12.2. The van der Waals surface area contributed by atoms with Crippen LogP contribution in [0.5, 0.6) is 0 Å². The molecule has 0 spiro atoms. The predicted octanol–water partition coefficient (Wildman–Crippen LogP) is 0.878. The summed E-state index contributed by atoms with van der Waals surface area (Å²) < 4.78 is 25.3. The molecule has 1 aliphatic rings. The van der Waals surface area contributed by atoms with E-state index in [2.05, 4.69) is 25.1 Å². The van der Waals surface area contributed by atoms with Crippen LogP contribution in [0.15, 0.2) is 47.6 Å². The molecule has 1 amide bonds. The van der Waals surface area contributed by atoms with E-state index < -0.39 is 10.0 Å². The lowest BCUT2D eigenvalue weighted by molar-refractivity contribution is -0.116. The Morgan fingerprint density at radius 3 is 2.28 bits per heavy atom. The molecule has 0 atom stereocenters. The number of piperazine rings is 1. The van der Waals surface area contributed by atoms with E-state index in [1.165, 1.54) is 26.2 Å². The normalized spacial score (nSPS) is 15.5. The Balaban J connectivity index is 1.44. The first-order chi connectivity index (χ1) is 13.9. The summed E-state index contributed by atoms with van der Waals surface area (Å²) in [4.78, 5) is 25.4. The van der Waals surface area contributed by atoms with Gasteiger partial charge in [0.15, 0.2) is 0 Å². The van der Waals surface area contributed by atoms with Gasteiger partial charge in [0.1, 0.15) is 0 Å². The smallest absolute Gasteiger partial charge is 0.242 e. The van der Waals surface area contributed by atoms with Gasteiger partial charge in [-0.05, 0) is 30.3 Å². The molecule has 2 heterocycles. The van der Waals surface area contributed by atoms with Crippen LogP contribution in [-0.2, 0) is 14.8 Å². The van der Waals surface area contributed by atoms with Crippen LogP contribution in [-0.4, -0.2) is 80.3 Å². The molecule has 1 aliphatic heterocycles. The Hall–Kier alpha value is -2.56. The number of hydrogen-bond donors (Lipinski definition) is 1. The number of nitrogens with zero attached hydrogens (tertiary/aromatic N) is 5. The molecule has 0 aliphatic carbocycles. The highest BCUT2D eigenvalue weighted by Gasteiger charge is 2.19. The van der Waals surface area contributed by atoms with Gasteiger partial charge in [0.05, 0.1) is 4.90 Å². The monoisotopic (exact) mass is 418 g/mol. The van der Waals surface area contributed by atoms with E-state index >= 15 is 0 Å². The molecule has 10 heteroatoms. The minimum absolute atomic E-state index is 0.0953. The van der Waals surface area contributed by atoms with Crippen LogP contribution in [0.2, 0.25) is 0 Å². The molecule has 9 nitrogen and oxygen atoms in total. The van der Waals surface area contributed by atoms with E-state index in [4.69, 9.17) is 0 Å². The first-order valence-corrected chi connectivity index (χ1v) is 10.9. The van der Waals surface area contributed by atoms with E-state index in [-0.39, 0.29) is 10.8 Å². The molecular formula is C19H26N6O3S. The van der Waals surface area contributed by atoms with Crippen LogP contribution in [0.4, 0.5) is 11.6 Å². The molecule has 29 heavy (non-hydrogen) atoms. The maximum Gasteiger partial charge on any atom is 0.242 e. The third-order valence-electron chi connectivity index (χ3n) is 4.78. The van der Waals surface area contributed by atoms with Crippen molar-refractivity contribution >= 4 is 27.6 Å². The minimum atomic E-state index is -3.47. The lowest BCUT2D eigenvalue weighted by atomic mass is 10.2. The summed E-state index contributed by atoms with van der Waals surface area (Å²) >= 11 is 0. The predicted molar refractivity (Wildman–Crippen MR) is 111 cm³/mol. The molecule has 156 valence electrons. The summed E-state index contributed by atoms with van der Waals surface area (Å²) in [5.41, 5.74) is 0.582. The molecule has 0 unspecified atom stereocenters. The standard InChI is InChI=1S/C19H26N6O3S/c1-23(2)29(27,28)17-6-4-16(5-7-17)22-18(26)8-11-24-12-14-25(15-13-24)19-20-9-3-10-21-19/h3-7,9-10H,8,11-15H2,1-2H3,(H,22,26). The van der Waals surface area contributed by atoms with Crippen LogP contribution in [0.1, 0.15) is 6.42 Å². The zero-order valence-corrected chi connectivity index (χ0v) is 17.5. The fraction of sp³-hybridized carbons (Fsp3) is 0.421. The van der Waals surface area contributed by atoms with Gasteiger partial charge in [-0.1, -0.05) is 0 Å². The van der Waals surface area contributed by atoms with E-state index in [0.717, 1.165) is 36.4 Å². The largest absolute Gasteiger partial charge is 0.338 e. The quantitative estimate of drug-likeness (QED) is 0.713. The third kappa shape index (κ3) is 5.49. The van der Waals surface area contributed by atoms with Crippen molar-refractivity contribution in [2.75, 3.05) is 57.0 Å². The molecule has 0 bridgehead atoms. The Morgan fingerprint density at radius 1 is 1.07 bits per heavy atom. The Labute approximate surface area is 171 Å². The Kier molecular flexibility index (Phi) is 6.78. The molecule has 1 aromatic carbocycles. The van der Waals surface area contributed by atoms with Gasteiger partial charge in [0.2, 0.25) is 21.9 Å². The second-order valence-electron chi connectivity index (χ2n) is 6.99. The zero-order valence-electron chi connectivity index (χ0n) is 16.7. The highest BCUT2D eigenvalue weighted by atomic mass is 32.2. The van der Waals surface area contributed by atoms with Gasteiger partial charge in [-0.15, -0.1) is 0 Å². The number of benzene rings is 1. The minimum Gasteiger partial charge on any atom is -0.338 e. The number of sulfonamides is 1. The number of anilines is 2. The average molecular weight is 419 g/mol. The summed E-state index contributed by atoms with van der Waals surface area (Å²) in [6.45, 7) is 4.02. The first kappa shape index (κ1) is 21.2. The molecule has 1 saturated heterocycles. The van der Waals surface area contributed by atoms with Gasteiger partial charge in [0, 0.05) is 71.3 Å². The zero-order chi connectivity index (χ0) is 20.9. The summed E-state index contributed by atoms with van der Waals surface area (Å²) in [5.74, 6) is 0.645. The number of rotatable bonds is 7. The van der Waals surface area contributed by atoms with Crippen molar-refractivity contribution < 1.29 is 13.2 Å². The Morgan fingerprint density at radius 2 is 1.69 bits per heavy atom. The van der Waals surface area contributed by atoms with Crippen molar-refractivity contribution in [3.8, 4) is 0 Å². The molecule has 3 rings (SSSR count). The molecule has 1 aromatic heterocycles. The average Bonchev–Trinajstić information content (AvgIpc) is 2.73. The van der Waals surface area contributed by atoms with Crippen molar-refractivity contribution in [3.63, 3.8) is 0 Å². The van der Waals surface area contributed by atoms with Gasteiger partial charge in [-0.3, -0.25) is 9.69 Å². The van der Waals surface area contributed by atoms with E-state index in [1.54, 1.807) is 30.6 Å². The SMILES string of the molecule is CN(C)S(=O)(=O)c1ccc(NC(=O)CCN2CCN(c3ncccn3)CC2)cc1. The van der Waals surface area contributed by atoms with Crippen molar-refractivity contribution in [2.45, 2.75) is 11.3 Å². The van der Waals surface area contributed by atoms with Gasteiger partial charge in [-0.2, -0.15) is 0 Å². The fourth-order valence-electron chi connectivity index (χ4n) is 3.03. The van der Waals surface area contributed by atoms with Gasteiger partial charge in [-0.25, -0.2) is 22.7 Å². The number of nitrogens with one attached hydrogen (secondary N) is 1. The van der Waals surface area contributed by atoms with E-state index in [9.17, 15) is 13.2 Å². The van der Waals surface area contributed by atoms with Gasteiger partial charge < -0.3 is 10.2 Å². The lowest BCUT2D eigenvalue weighted by Crippen LogP contribution is -2.47. The fourth-order valence-corrected chi connectivity index (χ4v) is 3.93. The van der Waals surface area contributed by atoms with Crippen LogP contribution in [0.25, 0.3) is 0 Å². The second kappa shape index (κ2) is 9.29. The topological polar surface area (TPSA) is 98.7 Å². The second-order valence-corrected chi connectivity index (χ2v) is 9.14. The van der Waals surface area contributed by atoms with Crippen molar-refractivity contribution in [3.05, 3.63) is 42.7 Å². The van der Waals surface area contributed by atoms with Crippen molar-refractivity contribution in [2.24, 2.45) is 0 Å². The molecule has 0 radical (unpaired) electrons. The van der Waals surface area contributed by atoms with E-state index in [0.29, 0.717) is 18.7 Å². The summed E-state index contributed by atoms with van der Waals surface area (Å²) in [5, 5.41) is 2.82. The summed E-state index contributed by atoms with van der Waals surface area (Å²) in [6.07, 6.45) is 3.85. The van der Waals surface area contributed by atoms with Crippen molar-refractivity contribution in [1.29, 1.82) is 0 Å². The van der Waals surface area contributed by atoms with Gasteiger partial charge in [0.25, 0.3) is 0 Å². The first-order valence-electron chi connectivity index (χ1n) is 9.43. The molecular weight excluding hydrogens is 392 g/mol.